The molecule has 1 heterocycles. The maximum Gasteiger partial charge on any atom is 0.253 e. The van der Waals surface area contributed by atoms with E-state index in [-0.39, 0.29) is 5.91 Å². The van der Waals surface area contributed by atoms with Gasteiger partial charge in [0.05, 0.1) is 5.56 Å². The number of carbonyl (C=O) groups excluding carboxylic acids is 1. The number of carbonyl (C=O) groups is 1. The summed E-state index contributed by atoms with van der Waals surface area (Å²) in [7, 11) is 0. The lowest BCUT2D eigenvalue weighted by molar-refractivity contribution is 0.0937. The Bertz CT molecular complexity index is 414. The van der Waals surface area contributed by atoms with Crippen LogP contribution in [0.3, 0.4) is 0 Å². The van der Waals surface area contributed by atoms with Crippen LogP contribution in [0.5, 0.6) is 0 Å². The molecule has 1 fully saturated rings. The van der Waals surface area contributed by atoms with Gasteiger partial charge < -0.3 is 9.88 Å². The highest BCUT2D eigenvalue weighted by Gasteiger charge is 2.20. The van der Waals surface area contributed by atoms with Crippen molar-refractivity contribution in [2.24, 2.45) is 0 Å². The lowest BCUT2D eigenvalue weighted by Gasteiger charge is -2.12. The molecular formula is C14H22N2O. The number of aryl methyl sites for hydroxylation is 1. The summed E-state index contributed by atoms with van der Waals surface area (Å²) < 4.78 is 2.18. The van der Waals surface area contributed by atoms with Gasteiger partial charge in [-0.1, -0.05) is 12.8 Å². The monoisotopic (exact) mass is 234 g/mol. The van der Waals surface area contributed by atoms with Crippen molar-refractivity contribution in [3.05, 3.63) is 23.0 Å². The van der Waals surface area contributed by atoms with Gasteiger partial charge in [0, 0.05) is 24.0 Å². The molecule has 1 saturated carbocycles. The molecule has 1 N–H and O–H groups in total. The lowest BCUT2D eigenvalue weighted by Crippen LogP contribution is -2.32. The third-order valence-corrected chi connectivity index (χ3v) is 3.82. The Morgan fingerprint density at radius 2 is 2.06 bits per heavy atom. The van der Waals surface area contributed by atoms with E-state index in [1.807, 2.05) is 13.0 Å². The van der Waals surface area contributed by atoms with Gasteiger partial charge in [0.15, 0.2) is 0 Å². The molecular weight excluding hydrogens is 212 g/mol. The molecule has 0 saturated heterocycles. The molecule has 94 valence electrons. The van der Waals surface area contributed by atoms with Gasteiger partial charge in [-0.2, -0.15) is 0 Å². The van der Waals surface area contributed by atoms with E-state index < -0.39 is 0 Å². The molecule has 3 nitrogen and oxygen atoms in total. The third-order valence-electron chi connectivity index (χ3n) is 3.82. The lowest BCUT2D eigenvalue weighted by atomic mass is 10.2. The fraction of sp³-hybridized carbons (Fsp3) is 0.643. The summed E-state index contributed by atoms with van der Waals surface area (Å²) in [5.41, 5.74) is 3.10. The van der Waals surface area contributed by atoms with Crippen molar-refractivity contribution < 1.29 is 4.79 Å². The fourth-order valence-corrected chi connectivity index (χ4v) is 2.85. The Morgan fingerprint density at radius 1 is 1.41 bits per heavy atom. The second-order valence-corrected chi connectivity index (χ2v) is 4.98. The Hall–Kier alpha value is -1.25. The van der Waals surface area contributed by atoms with Crippen molar-refractivity contribution >= 4 is 5.91 Å². The molecule has 0 bridgehead atoms. The number of nitrogens with one attached hydrogen (secondary N) is 1. The van der Waals surface area contributed by atoms with E-state index in [2.05, 4.69) is 23.7 Å². The highest BCUT2D eigenvalue weighted by molar-refractivity contribution is 5.95. The molecule has 1 aliphatic carbocycles. The third kappa shape index (κ3) is 2.38. The van der Waals surface area contributed by atoms with Crippen LogP contribution < -0.4 is 5.32 Å². The summed E-state index contributed by atoms with van der Waals surface area (Å²) in [6.45, 7) is 7.12. The molecule has 0 spiro atoms. The maximum atomic E-state index is 12.2. The zero-order valence-corrected chi connectivity index (χ0v) is 11.0. The van der Waals surface area contributed by atoms with Gasteiger partial charge >= 0.3 is 0 Å². The fourth-order valence-electron chi connectivity index (χ4n) is 2.85. The average molecular weight is 234 g/mol. The summed E-state index contributed by atoms with van der Waals surface area (Å²) in [5, 5.41) is 3.15. The van der Waals surface area contributed by atoms with Gasteiger partial charge in [-0.15, -0.1) is 0 Å². The highest BCUT2D eigenvalue weighted by atomic mass is 16.1. The van der Waals surface area contributed by atoms with Gasteiger partial charge in [0.25, 0.3) is 5.91 Å². The minimum Gasteiger partial charge on any atom is -0.349 e. The first-order valence-electron chi connectivity index (χ1n) is 6.61. The summed E-state index contributed by atoms with van der Waals surface area (Å²) in [6, 6.07) is 2.40. The Kier molecular flexibility index (Phi) is 3.55. The standard InChI is InChI=1S/C14H22N2O/c1-4-16-10(2)9-13(11(16)3)14(17)15-12-7-5-6-8-12/h9,12H,4-8H2,1-3H3,(H,15,17). The number of aromatic nitrogens is 1. The van der Waals surface area contributed by atoms with Crippen LogP contribution in [0.15, 0.2) is 6.07 Å². The van der Waals surface area contributed by atoms with Crippen molar-refractivity contribution in [3.63, 3.8) is 0 Å². The summed E-state index contributed by atoms with van der Waals surface area (Å²) in [4.78, 5) is 12.2. The molecule has 1 aromatic heterocycles. The van der Waals surface area contributed by atoms with E-state index in [0.29, 0.717) is 6.04 Å². The van der Waals surface area contributed by atoms with Crippen molar-refractivity contribution in [2.75, 3.05) is 0 Å². The van der Waals surface area contributed by atoms with Crippen LogP contribution >= 0.6 is 0 Å². The van der Waals surface area contributed by atoms with Gasteiger partial charge in [-0.05, 0) is 39.7 Å². The maximum absolute atomic E-state index is 12.2. The average Bonchev–Trinajstić information content (AvgIpc) is 2.87. The molecule has 1 aromatic rings. The van der Waals surface area contributed by atoms with Gasteiger partial charge in [-0.3, -0.25) is 4.79 Å². The number of hydrogen-bond acceptors (Lipinski definition) is 1. The predicted octanol–water partition coefficient (Wildman–Crippen LogP) is 2.80. The molecule has 0 aliphatic heterocycles. The summed E-state index contributed by atoms with van der Waals surface area (Å²) >= 11 is 0. The highest BCUT2D eigenvalue weighted by Crippen LogP contribution is 2.20. The molecule has 3 heteroatoms. The summed E-state index contributed by atoms with van der Waals surface area (Å²) in [6.07, 6.45) is 4.77. The molecule has 17 heavy (non-hydrogen) atoms. The van der Waals surface area contributed by atoms with Crippen LogP contribution in [0.4, 0.5) is 0 Å². The molecule has 0 aromatic carbocycles. The SMILES string of the molecule is CCn1c(C)cc(C(=O)NC2CCCC2)c1C. The van der Waals surface area contributed by atoms with Crippen molar-refractivity contribution in [3.8, 4) is 0 Å². The first-order chi connectivity index (χ1) is 8.13. The first kappa shape index (κ1) is 12.2. The van der Waals surface area contributed by atoms with Gasteiger partial charge in [0.2, 0.25) is 0 Å². The Morgan fingerprint density at radius 3 is 2.59 bits per heavy atom. The minimum atomic E-state index is 0.102. The number of rotatable bonds is 3. The molecule has 0 unspecified atom stereocenters. The molecule has 1 aliphatic rings. The molecule has 0 radical (unpaired) electrons. The van der Waals surface area contributed by atoms with Crippen LogP contribution in [0.2, 0.25) is 0 Å². The van der Waals surface area contributed by atoms with E-state index in [1.54, 1.807) is 0 Å². The normalized spacial score (nSPS) is 16.4. The molecule has 0 atom stereocenters. The smallest absolute Gasteiger partial charge is 0.253 e. The second-order valence-electron chi connectivity index (χ2n) is 4.98. The topological polar surface area (TPSA) is 34.0 Å². The first-order valence-corrected chi connectivity index (χ1v) is 6.61. The Labute approximate surface area is 103 Å². The Balaban J connectivity index is 2.13. The van der Waals surface area contributed by atoms with E-state index in [0.717, 1.165) is 30.6 Å². The van der Waals surface area contributed by atoms with E-state index in [1.165, 1.54) is 18.5 Å². The van der Waals surface area contributed by atoms with Crippen molar-refractivity contribution in [1.82, 2.24) is 9.88 Å². The van der Waals surface area contributed by atoms with Crippen LogP contribution in [-0.2, 0) is 6.54 Å². The number of hydrogen-bond donors (Lipinski definition) is 1. The van der Waals surface area contributed by atoms with Crippen LogP contribution in [-0.4, -0.2) is 16.5 Å². The zero-order valence-electron chi connectivity index (χ0n) is 11.0. The van der Waals surface area contributed by atoms with Crippen molar-refractivity contribution in [2.45, 2.75) is 59.0 Å². The molecule has 2 rings (SSSR count). The largest absolute Gasteiger partial charge is 0.349 e. The van der Waals surface area contributed by atoms with Crippen LogP contribution in [0.25, 0.3) is 0 Å². The quantitative estimate of drug-likeness (QED) is 0.857. The van der Waals surface area contributed by atoms with Crippen molar-refractivity contribution in [1.29, 1.82) is 0 Å². The molecule has 1 amide bonds. The van der Waals surface area contributed by atoms with E-state index >= 15 is 0 Å². The van der Waals surface area contributed by atoms with E-state index in [4.69, 9.17) is 0 Å². The number of amides is 1. The minimum absolute atomic E-state index is 0.102. The van der Waals surface area contributed by atoms with Crippen LogP contribution in [0, 0.1) is 13.8 Å². The van der Waals surface area contributed by atoms with E-state index in [9.17, 15) is 4.79 Å². The number of nitrogens with zero attached hydrogens (tertiary/aromatic N) is 1. The predicted molar refractivity (Wildman–Crippen MR) is 69.3 cm³/mol. The van der Waals surface area contributed by atoms with Crippen LogP contribution in [0.1, 0.15) is 54.4 Å². The summed E-state index contributed by atoms with van der Waals surface area (Å²) in [5.74, 6) is 0.102. The second kappa shape index (κ2) is 4.94. The van der Waals surface area contributed by atoms with Gasteiger partial charge in [0.1, 0.15) is 0 Å². The van der Waals surface area contributed by atoms with Gasteiger partial charge in [-0.25, -0.2) is 0 Å². The zero-order chi connectivity index (χ0) is 12.4.